The third-order valence-corrected chi connectivity index (χ3v) is 3.88. The first-order valence-electron chi connectivity index (χ1n) is 8.40. The van der Waals surface area contributed by atoms with Gasteiger partial charge in [-0.15, -0.1) is 0 Å². The number of benzene rings is 2. The van der Waals surface area contributed by atoms with E-state index in [-0.39, 0.29) is 0 Å². The summed E-state index contributed by atoms with van der Waals surface area (Å²) in [5.74, 6) is -24.4. The Morgan fingerprint density at radius 1 is 0.611 bits per heavy atom. The highest BCUT2D eigenvalue weighted by atomic mass is 19.2. The van der Waals surface area contributed by atoms with Gasteiger partial charge >= 0.3 is 11.9 Å². The third-order valence-electron chi connectivity index (χ3n) is 3.88. The zero-order valence-corrected chi connectivity index (χ0v) is 16.4. The number of carbonyl (C=O) groups is 2. The average Bonchev–Trinajstić information content (AvgIpc) is 2.82. The van der Waals surface area contributed by atoms with Gasteiger partial charge in [-0.3, -0.25) is 0 Å². The minimum absolute atomic E-state index is 1.83. The lowest BCUT2D eigenvalue weighted by atomic mass is 10.1. The minimum Gasteiger partial charge on any atom is -0.425 e. The van der Waals surface area contributed by atoms with Gasteiger partial charge in [0, 0.05) is 9.82 Å². The molecule has 2 atom stereocenters. The number of ether oxygens (including phenoxy) is 2. The number of azide groups is 2. The van der Waals surface area contributed by atoms with Crippen molar-refractivity contribution in [3.8, 4) is 0 Å². The third kappa shape index (κ3) is 4.91. The molecule has 2 rings (SSSR count). The van der Waals surface area contributed by atoms with E-state index in [1.165, 1.54) is 0 Å². The van der Waals surface area contributed by atoms with Crippen molar-refractivity contribution < 1.29 is 64.4 Å². The molecule has 20 heteroatoms. The fraction of sp³-hybridized carbons (Fsp3) is 0.125. The van der Waals surface area contributed by atoms with Gasteiger partial charge in [-0.05, 0) is 11.1 Å². The van der Waals surface area contributed by atoms with Crippen molar-refractivity contribution >= 4 is 23.3 Å². The van der Waals surface area contributed by atoms with E-state index >= 15 is 0 Å². The molecule has 2 unspecified atom stereocenters. The molecule has 0 saturated heterocycles. The predicted molar refractivity (Wildman–Crippen MR) is 93.0 cm³/mol. The Morgan fingerprint density at radius 3 is 1.08 bits per heavy atom. The molecule has 2 aromatic carbocycles. The average molecular weight is 528 g/mol. The Balaban J connectivity index is 2.31. The highest BCUT2D eigenvalue weighted by Gasteiger charge is 2.35. The number of nitrogens with zero attached hydrogens (tertiary/aromatic N) is 6. The lowest BCUT2D eigenvalue weighted by molar-refractivity contribution is -0.209. The van der Waals surface area contributed by atoms with E-state index in [9.17, 15) is 54.9 Å². The molecule has 0 aromatic heterocycles. The summed E-state index contributed by atoms with van der Waals surface area (Å²) >= 11 is 0. The van der Waals surface area contributed by atoms with Crippen molar-refractivity contribution in [2.75, 3.05) is 0 Å². The van der Waals surface area contributed by atoms with Crippen LogP contribution >= 0.6 is 0 Å². The number of aliphatic hydroxyl groups excluding tert-OH is 2. The van der Waals surface area contributed by atoms with Crippen LogP contribution in [0.4, 0.5) is 46.5 Å². The zero-order chi connectivity index (χ0) is 27.5. The molecule has 36 heavy (non-hydrogen) atoms. The molecule has 0 heterocycles. The van der Waals surface area contributed by atoms with Crippen LogP contribution in [0.1, 0.15) is 20.7 Å². The molecule has 2 aromatic rings. The number of hydrogen-bond acceptors (Lipinski definition) is 8. The first-order valence-corrected chi connectivity index (χ1v) is 8.40. The SMILES string of the molecule is [N-]=[N+]=Nc1c(F)c(F)c(C(=O)OC(O)C(O)OC(=O)c2c(F)c(F)c(N=[N+]=[N-])c(F)c2F)c(F)c1F. The quantitative estimate of drug-likeness (QED) is 0.102. The number of hydrogen-bond donors (Lipinski definition) is 2. The Bertz CT molecular complexity index is 1220. The number of esters is 2. The molecule has 0 amide bonds. The molecule has 0 spiro atoms. The highest BCUT2D eigenvalue weighted by Crippen LogP contribution is 2.32. The van der Waals surface area contributed by atoms with Crippen molar-refractivity contribution in [1.29, 1.82) is 0 Å². The van der Waals surface area contributed by atoms with Crippen molar-refractivity contribution in [1.82, 2.24) is 0 Å². The number of carbonyl (C=O) groups excluding carboxylic acids is 2. The van der Waals surface area contributed by atoms with Crippen LogP contribution in [0.25, 0.3) is 20.9 Å². The van der Waals surface area contributed by atoms with Crippen molar-refractivity contribution in [2.45, 2.75) is 12.6 Å². The summed E-state index contributed by atoms with van der Waals surface area (Å²) in [7, 11) is 0. The Hall–Kier alpha value is -4.64. The van der Waals surface area contributed by atoms with E-state index in [4.69, 9.17) is 11.1 Å². The molecule has 0 aliphatic carbocycles. The van der Waals surface area contributed by atoms with Gasteiger partial charge in [0.1, 0.15) is 22.5 Å². The van der Waals surface area contributed by atoms with E-state index in [1.807, 2.05) is 9.82 Å². The number of aliphatic hydroxyl groups is 2. The van der Waals surface area contributed by atoms with Crippen molar-refractivity contribution in [3.05, 3.63) is 78.6 Å². The van der Waals surface area contributed by atoms with Crippen molar-refractivity contribution in [3.63, 3.8) is 0 Å². The molecule has 190 valence electrons. The van der Waals surface area contributed by atoms with Crippen LogP contribution in [0.5, 0.6) is 0 Å². The smallest absolute Gasteiger partial charge is 0.346 e. The summed E-state index contributed by atoms with van der Waals surface area (Å²) in [6, 6.07) is 0. The molecule has 0 aliphatic heterocycles. The topological polar surface area (TPSA) is 191 Å². The second-order valence-electron chi connectivity index (χ2n) is 5.93. The van der Waals surface area contributed by atoms with Crippen LogP contribution < -0.4 is 0 Å². The Kier molecular flexibility index (Phi) is 8.24. The van der Waals surface area contributed by atoms with Crippen LogP contribution in [-0.4, -0.2) is 34.7 Å². The maximum Gasteiger partial charge on any atom is 0.346 e. The normalized spacial score (nSPS) is 12.2. The van der Waals surface area contributed by atoms with Gasteiger partial charge in [-0.1, -0.05) is 10.2 Å². The van der Waals surface area contributed by atoms with Crippen molar-refractivity contribution in [2.24, 2.45) is 10.2 Å². The summed E-state index contributed by atoms with van der Waals surface area (Å²) in [6.07, 6.45) is -6.38. The fourth-order valence-electron chi connectivity index (χ4n) is 2.32. The van der Waals surface area contributed by atoms with Crippen LogP contribution in [0.15, 0.2) is 10.2 Å². The maximum atomic E-state index is 13.9. The number of halogens is 8. The maximum absolute atomic E-state index is 13.9. The lowest BCUT2D eigenvalue weighted by Crippen LogP contribution is -2.36. The van der Waals surface area contributed by atoms with Gasteiger partial charge < -0.3 is 19.7 Å². The standard InChI is InChI=1S/C16H4F8N6O6/c17-3-1(4(18)8(22)11(7(3)21)27-29-25)13(31)35-15(33)16(34)36-14(32)2-5(19)9(23)12(28-30-26)10(24)6(2)20/h15-16,33-34H. The Morgan fingerprint density at radius 2 is 0.861 bits per heavy atom. The van der Waals surface area contributed by atoms with Gasteiger partial charge in [-0.25, -0.2) is 44.7 Å². The van der Waals surface area contributed by atoms with Crippen LogP contribution in [-0.2, 0) is 9.47 Å². The molecule has 0 fully saturated rings. The van der Waals surface area contributed by atoms with Gasteiger partial charge in [-0.2, -0.15) is 0 Å². The van der Waals surface area contributed by atoms with Crippen LogP contribution in [0.2, 0.25) is 0 Å². The first kappa shape index (κ1) is 27.6. The van der Waals surface area contributed by atoms with E-state index in [0.29, 0.717) is 0 Å². The minimum atomic E-state index is -3.19. The number of rotatable bonds is 7. The summed E-state index contributed by atoms with van der Waals surface area (Å²) in [4.78, 5) is 27.4. The molecular weight excluding hydrogens is 524 g/mol. The molecule has 0 bridgehead atoms. The van der Waals surface area contributed by atoms with E-state index in [2.05, 4.69) is 19.7 Å². The molecule has 0 aliphatic rings. The summed E-state index contributed by atoms with van der Waals surface area (Å²) in [6.45, 7) is 0. The van der Waals surface area contributed by atoms with Gasteiger partial charge in [0.15, 0.2) is 46.5 Å². The monoisotopic (exact) mass is 528 g/mol. The van der Waals surface area contributed by atoms with E-state index in [1.54, 1.807) is 0 Å². The molecule has 0 saturated carbocycles. The van der Waals surface area contributed by atoms with E-state index < -0.39 is 93.6 Å². The predicted octanol–water partition coefficient (Wildman–Crippen LogP) is 4.33. The van der Waals surface area contributed by atoms with Crippen LogP contribution in [0, 0.1) is 46.5 Å². The van der Waals surface area contributed by atoms with Gasteiger partial charge in [0.2, 0.25) is 0 Å². The lowest BCUT2D eigenvalue weighted by Gasteiger charge is -2.19. The molecule has 12 nitrogen and oxygen atoms in total. The fourth-order valence-corrected chi connectivity index (χ4v) is 2.32. The highest BCUT2D eigenvalue weighted by molar-refractivity contribution is 5.91. The second kappa shape index (κ2) is 10.7. The second-order valence-corrected chi connectivity index (χ2v) is 5.93. The zero-order valence-electron chi connectivity index (χ0n) is 16.4. The molecule has 0 radical (unpaired) electrons. The summed E-state index contributed by atoms with van der Waals surface area (Å²) < 4.78 is 118. The molecular formula is C16H4F8N6O6. The van der Waals surface area contributed by atoms with E-state index in [0.717, 1.165) is 0 Å². The summed E-state index contributed by atoms with van der Waals surface area (Å²) in [5, 5.41) is 23.7. The van der Waals surface area contributed by atoms with Crippen LogP contribution in [0.3, 0.4) is 0 Å². The molecule has 2 N–H and O–H groups in total. The van der Waals surface area contributed by atoms with Gasteiger partial charge in [0.05, 0.1) is 0 Å². The summed E-state index contributed by atoms with van der Waals surface area (Å²) in [5.41, 5.74) is 8.29. The largest absolute Gasteiger partial charge is 0.425 e. The first-order chi connectivity index (χ1) is 16.8. The van der Waals surface area contributed by atoms with Gasteiger partial charge in [0.25, 0.3) is 12.6 Å². The Labute approximate surface area is 190 Å².